The Bertz CT molecular complexity index is 875. The highest BCUT2D eigenvalue weighted by Crippen LogP contribution is 2.35. The Morgan fingerprint density at radius 1 is 1.22 bits per heavy atom. The Kier molecular flexibility index (Phi) is 4.97. The third kappa shape index (κ3) is 3.74. The van der Waals surface area contributed by atoms with Crippen molar-refractivity contribution in [3.05, 3.63) is 33.9 Å². The Morgan fingerprint density at radius 3 is 2.70 bits per heavy atom. The van der Waals surface area contributed by atoms with Crippen LogP contribution in [0.15, 0.2) is 18.3 Å². The quantitative estimate of drug-likeness (QED) is 0.669. The predicted molar refractivity (Wildman–Crippen MR) is 109 cm³/mol. The standard InChI is InChI=1S/C18H21BCl2N4O2/c1-18(2)12-7-11(8-13(20)15(12)19(26)27-18)24-17-22-9-14(21)16(25-17)23-10-5-3-4-6-10/h7-10,26H,3-6H2,1-2H3,(H2,22,23,24,25). The zero-order valence-electron chi connectivity index (χ0n) is 15.2. The van der Waals surface area contributed by atoms with Crippen molar-refractivity contribution in [2.75, 3.05) is 10.6 Å². The summed E-state index contributed by atoms with van der Waals surface area (Å²) in [6.07, 6.45) is 6.29. The molecule has 0 radical (unpaired) electrons. The van der Waals surface area contributed by atoms with Crippen molar-refractivity contribution in [1.82, 2.24) is 9.97 Å². The number of hydrogen-bond acceptors (Lipinski definition) is 6. The smallest absolute Gasteiger partial charge is 0.423 e. The Hall–Kier alpha value is -1.54. The summed E-state index contributed by atoms with van der Waals surface area (Å²) in [6, 6.07) is 4.04. The first kappa shape index (κ1) is 18.8. The molecule has 0 bridgehead atoms. The average Bonchev–Trinajstić information content (AvgIpc) is 3.17. The number of halogens is 2. The van der Waals surface area contributed by atoms with E-state index in [0.29, 0.717) is 33.3 Å². The summed E-state index contributed by atoms with van der Waals surface area (Å²) in [4.78, 5) is 8.78. The van der Waals surface area contributed by atoms with Gasteiger partial charge in [-0.25, -0.2) is 4.98 Å². The second-order valence-corrected chi connectivity index (χ2v) is 8.36. The average molecular weight is 407 g/mol. The van der Waals surface area contributed by atoms with E-state index in [4.69, 9.17) is 27.9 Å². The maximum absolute atomic E-state index is 10.1. The van der Waals surface area contributed by atoms with Crippen molar-refractivity contribution in [3.63, 3.8) is 0 Å². The Morgan fingerprint density at radius 2 is 1.96 bits per heavy atom. The zero-order chi connectivity index (χ0) is 19.2. The minimum absolute atomic E-state index is 0.402. The van der Waals surface area contributed by atoms with E-state index in [9.17, 15) is 5.02 Å². The Balaban J connectivity index is 1.60. The van der Waals surface area contributed by atoms with Crippen LogP contribution in [0, 0.1) is 0 Å². The van der Waals surface area contributed by atoms with Gasteiger partial charge in [-0.1, -0.05) is 36.0 Å². The highest BCUT2D eigenvalue weighted by molar-refractivity contribution is 6.65. The molecule has 142 valence electrons. The van der Waals surface area contributed by atoms with Crippen LogP contribution in [-0.2, 0) is 10.3 Å². The summed E-state index contributed by atoms with van der Waals surface area (Å²) in [6.45, 7) is 3.79. The number of nitrogens with zero attached hydrogens (tertiary/aromatic N) is 2. The third-order valence-electron chi connectivity index (χ3n) is 5.13. The fourth-order valence-electron chi connectivity index (χ4n) is 3.76. The molecule has 2 aliphatic rings. The van der Waals surface area contributed by atoms with Crippen LogP contribution in [0.3, 0.4) is 0 Å². The molecule has 1 aromatic heterocycles. The number of hydrogen-bond donors (Lipinski definition) is 3. The fourth-order valence-corrected chi connectivity index (χ4v) is 4.22. The molecule has 0 unspecified atom stereocenters. The van der Waals surface area contributed by atoms with E-state index >= 15 is 0 Å². The van der Waals surface area contributed by atoms with Gasteiger partial charge in [-0.15, -0.1) is 0 Å². The molecule has 1 aromatic carbocycles. The summed E-state index contributed by atoms with van der Waals surface area (Å²) in [5.41, 5.74) is 1.53. The molecule has 3 N–H and O–H groups in total. The summed E-state index contributed by atoms with van der Waals surface area (Å²) >= 11 is 12.6. The second kappa shape index (κ2) is 7.13. The van der Waals surface area contributed by atoms with Gasteiger partial charge in [0.05, 0.1) is 11.8 Å². The summed E-state index contributed by atoms with van der Waals surface area (Å²) in [5.74, 6) is 1.06. The minimum atomic E-state index is -1.02. The number of aromatic nitrogens is 2. The number of rotatable bonds is 4. The van der Waals surface area contributed by atoms with Gasteiger partial charge >= 0.3 is 7.12 Å². The molecule has 0 amide bonds. The lowest BCUT2D eigenvalue weighted by atomic mass is 9.78. The highest BCUT2D eigenvalue weighted by atomic mass is 35.5. The second-order valence-electron chi connectivity index (χ2n) is 7.54. The number of fused-ring (bicyclic) bond motifs is 1. The van der Waals surface area contributed by atoms with Gasteiger partial charge in [-0.2, -0.15) is 4.98 Å². The SMILES string of the molecule is CC1(C)OB(O)c2c(Cl)cc(Nc3ncc(Cl)c(NC4CCCC4)n3)cc21. The van der Waals surface area contributed by atoms with E-state index in [1.165, 1.54) is 12.8 Å². The molecule has 1 fully saturated rings. The van der Waals surface area contributed by atoms with E-state index in [1.807, 2.05) is 19.9 Å². The van der Waals surface area contributed by atoms with Crippen molar-refractivity contribution in [1.29, 1.82) is 0 Å². The van der Waals surface area contributed by atoms with Crippen LogP contribution in [0.25, 0.3) is 0 Å². The summed E-state index contributed by atoms with van der Waals surface area (Å²) < 4.78 is 5.60. The topological polar surface area (TPSA) is 79.3 Å². The van der Waals surface area contributed by atoms with Gasteiger partial charge in [0.15, 0.2) is 5.82 Å². The van der Waals surface area contributed by atoms with Crippen LogP contribution in [-0.4, -0.2) is 28.2 Å². The van der Waals surface area contributed by atoms with Gasteiger partial charge in [-0.05, 0) is 44.4 Å². The van der Waals surface area contributed by atoms with Gasteiger partial charge in [0.2, 0.25) is 5.95 Å². The van der Waals surface area contributed by atoms with E-state index in [-0.39, 0.29) is 0 Å². The van der Waals surface area contributed by atoms with Crippen LogP contribution < -0.4 is 16.1 Å². The molecule has 27 heavy (non-hydrogen) atoms. The van der Waals surface area contributed by atoms with Crippen LogP contribution in [0.1, 0.15) is 45.1 Å². The predicted octanol–water partition coefficient (Wildman–Crippen LogP) is 3.83. The van der Waals surface area contributed by atoms with Gasteiger partial charge in [-0.3, -0.25) is 0 Å². The van der Waals surface area contributed by atoms with Crippen molar-refractivity contribution >= 4 is 53.2 Å². The third-order valence-corrected chi connectivity index (χ3v) is 5.72. The molecule has 2 aromatic rings. The fraction of sp³-hybridized carbons (Fsp3) is 0.444. The van der Waals surface area contributed by atoms with Crippen molar-refractivity contribution in [2.45, 2.75) is 51.2 Å². The summed E-state index contributed by atoms with van der Waals surface area (Å²) in [7, 11) is -1.02. The van der Waals surface area contributed by atoms with E-state index in [2.05, 4.69) is 20.6 Å². The molecular formula is C18H21BCl2N4O2. The van der Waals surface area contributed by atoms with Crippen LogP contribution >= 0.6 is 23.2 Å². The van der Waals surface area contributed by atoms with Crippen molar-refractivity contribution in [3.8, 4) is 0 Å². The summed E-state index contributed by atoms with van der Waals surface area (Å²) in [5, 5.41) is 17.6. The molecule has 1 saturated carbocycles. The lowest BCUT2D eigenvalue weighted by Crippen LogP contribution is -2.29. The maximum Gasteiger partial charge on any atom is 0.493 e. The molecule has 9 heteroatoms. The molecule has 2 heterocycles. The minimum Gasteiger partial charge on any atom is -0.423 e. The number of nitrogens with one attached hydrogen (secondary N) is 2. The molecule has 1 aliphatic carbocycles. The molecule has 0 spiro atoms. The van der Waals surface area contributed by atoms with Gasteiger partial charge < -0.3 is 20.3 Å². The first-order chi connectivity index (χ1) is 12.8. The first-order valence-electron chi connectivity index (χ1n) is 9.09. The molecule has 4 rings (SSSR count). The normalized spacial score (nSPS) is 18.6. The lowest BCUT2D eigenvalue weighted by Gasteiger charge is -2.20. The first-order valence-corrected chi connectivity index (χ1v) is 9.85. The largest absolute Gasteiger partial charge is 0.493 e. The highest BCUT2D eigenvalue weighted by Gasteiger charge is 2.42. The van der Waals surface area contributed by atoms with Gasteiger partial charge in [0.25, 0.3) is 0 Å². The van der Waals surface area contributed by atoms with Gasteiger partial charge in [0.1, 0.15) is 5.02 Å². The van der Waals surface area contributed by atoms with E-state index in [0.717, 1.165) is 24.1 Å². The van der Waals surface area contributed by atoms with Gasteiger partial charge in [0, 0.05) is 22.2 Å². The van der Waals surface area contributed by atoms with Crippen LogP contribution in [0.4, 0.5) is 17.5 Å². The lowest BCUT2D eigenvalue weighted by molar-refractivity contribution is 0.101. The monoisotopic (exact) mass is 406 g/mol. The molecular weight excluding hydrogens is 386 g/mol. The molecule has 0 atom stereocenters. The zero-order valence-corrected chi connectivity index (χ0v) is 16.7. The number of anilines is 3. The van der Waals surface area contributed by atoms with E-state index in [1.54, 1.807) is 12.3 Å². The molecule has 1 aliphatic heterocycles. The maximum atomic E-state index is 10.1. The van der Waals surface area contributed by atoms with Crippen molar-refractivity contribution in [2.24, 2.45) is 0 Å². The molecule has 0 saturated heterocycles. The molecule has 6 nitrogen and oxygen atoms in total. The Labute approximate surface area is 168 Å². The number of benzene rings is 1. The van der Waals surface area contributed by atoms with Crippen LogP contribution in [0.2, 0.25) is 10.0 Å². The van der Waals surface area contributed by atoms with Crippen molar-refractivity contribution < 1.29 is 9.68 Å². The van der Waals surface area contributed by atoms with E-state index < -0.39 is 12.7 Å². The van der Waals surface area contributed by atoms with Crippen LogP contribution in [0.5, 0.6) is 0 Å².